The number of hydrogen-bond acceptors (Lipinski definition) is 4. The maximum atomic E-state index is 12.4. The molecule has 1 fully saturated rings. The molecular weight excluding hydrogens is 314 g/mol. The van der Waals surface area contributed by atoms with Crippen LogP contribution in [0.25, 0.3) is 0 Å². The van der Waals surface area contributed by atoms with Crippen molar-refractivity contribution in [2.45, 2.75) is 37.1 Å². The van der Waals surface area contributed by atoms with Crippen LogP contribution in [0.1, 0.15) is 36.5 Å². The maximum Gasteiger partial charge on any atom is 0.251 e. The zero-order valence-electron chi connectivity index (χ0n) is 13.7. The molecule has 0 spiro atoms. The summed E-state index contributed by atoms with van der Waals surface area (Å²) in [6, 6.07) is 5.82. The molecule has 7 heteroatoms. The lowest BCUT2D eigenvalue weighted by Gasteiger charge is -2.19. The number of rotatable bonds is 7. The number of carbonyl (C=O) groups excluding carboxylic acids is 1. The second-order valence-electron chi connectivity index (χ2n) is 5.96. The molecule has 1 atom stereocenters. The third kappa shape index (κ3) is 5.02. The van der Waals surface area contributed by atoms with E-state index < -0.39 is 10.0 Å². The molecule has 1 amide bonds. The molecule has 0 aliphatic carbocycles. The monoisotopic (exact) mass is 339 g/mol. The molecule has 1 heterocycles. The number of hydrogen-bond donors (Lipinski definition) is 2. The zero-order valence-corrected chi connectivity index (χ0v) is 14.5. The van der Waals surface area contributed by atoms with Gasteiger partial charge in [-0.25, -0.2) is 13.1 Å². The molecule has 23 heavy (non-hydrogen) atoms. The molecule has 1 saturated heterocycles. The van der Waals surface area contributed by atoms with Crippen molar-refractivity contribution in [2.24, 2.45) is 0 Å². The van der Waals surface area contributed by atoms with Crippen molar-refractivity contribution < 1.29 is 13.2 Å². The van der Waals surface area contributed by atoms with Gasteiger partial charge >= 0.3 is 0 Å². The van der Waals surface area contributed by atoms with Crippen molar-refractivity contribution >= 4 is 15.9 Å². The van der Waals surface area contributed by atoms with E-state index in [1.54, 1.807) is 0 Å². The Hall–Kier alpha value is -1.44. The maximum absolute atomic E-state index is 12.4. The Morgan fingerprint density at radius 2 is 1.83 bits per heavy atom. The van der Waals surface area contributed by atoms with Gasteiger partial charge in [0.15, 0.2) is 0 Å². The van der Waals surface area contributed by atoms with E-state index in [1.165, 1.54) is 44.2 Å². The lowest BCUT2D eigenvalue weighted by atomic mass is 10.2. The van der Waals surface area contributed by atoms with Gasteiger partial charge in [-0.1, -0.05) is 0 Å². The summed E-state index contributed by atoms with van der Waals surface area (Å²) in [5, 5.41) is 2.51. The minimum atomic E-state index is -3.55. The van der Waals surface area contributed by atoms with Gasteiger partial charge in [0.05, 0.1) is 4.90 Å². The van der Waals surface area contributed by atoms with E-state index in [1.807, 2.05) is 6.92 Å². The van der Waals surface area contributed by atoms with Gasteiger partial charge in [0, 0.05) is 18.7 Å². The highest BCUT2D eigenvalue weighted by Gasteiger charge is 2.19. The summed E-state index contributed by atoms with van der Waals surface area (Å²) < 4.78 is 27.4. The van der Waals surface area contributed by atoms with E-state index in [4.69, 9.17) is 0 Å². The van der Waals surface area contributed by atoms with Crippen LogP contribution in [0, 0.1) is 0 Å². The topological polar surface area (TPSA) is 78.5 Å². The normalized spacial score (nSPS) is 17.1. The summed E-state index contributed by atoms with van der Waals surface area (Å²) in [4.78, 5) is 14.0. The largest absolute Gasteiger partial charge is 0.355 e. The smallest absolute Gasteiger partial charge is 0.251 e. The molecule has 0 unspecified atom stereocenters. The van der Waals surface area contributed by atoms with E-state index in [0.29, 0.717) is 5.56 Å². The van der Waals surface area contributed by atoms with Crippen LogP contribution in [0.2, 0.25) is 0 Å². The molecule has 2 N–H and O–H groups in total. The minimum absolute atomic E-state index is 0.126. The van der Waals surface area contributed by atoms with E-state index in [-0.39, 0.29) is 16.8 Å². The fraction of sp³-hybridized carbons (Fsp3) is 0.562. The number of benzene rings is 1. The molecule has 2 rings (SSSR count). The molecule has 1 aliphatic heterocycles. The summed E-state index contributed by atoms with van der Waals surface area (Å²) in [7, 11) is -2.02. The molecule has 128 valence electrons. The van der Waals surface area contributed by atoms with E-state index in [9.17, 15) is 13.2 Å². The van der Waals surface area contributed by atoms with Gasteiger partial charge in [0.1, 0.15) is 0 Å². The van der Waals surface area contributed by atoms with Crippen molar-refractivity contribution in [3.05, 3.63) is 29.8 Å². The minimum Gasteiger partial charge on any atom is -0.355 e. The number of carbonyl (C=O) groups is 1. The Kier molecular flexibility index (Phi) is 6.15. The zero-order chi connectivity index (χ0) is 16.9. The second-order valence-corrected chi connectivity index (χ2v) is 7.68. The van der Waals surface area contributed by atoms with Crippen LogP contribution in [0.4, 0.5) is 0 Å². The molecule has 1 aliphatic rings. The number of sulfonamides is 1. The SMILES string of the molecule is CNC(=O)c1ccc(S(=O)(=O)N[C@H](C)CCN2CCCC2)cc1. The fourth-order valence-corrected chi connectivity index (χ4v) is 3.98. The van der Waals surface area contributed by atoms with Gasteiger partial charge in [-0.15, -0.1) is 0 Å². The van der Waals surface area contributed by atoms with Crippen LogP contribution in [0.3, 0.4) is 0 Å². The Morgan fingerprint density at radius 3 is 2.39 bits per heavy atom. The summed E-state index contributed by atoms with van der Waals surface area (Å²) in [5.74, 6) is -0.235. The van der Waals surface area contributed by atoms with E-state index >= 15 is 0 Å². The lowest BCUT2D eigenvalue weighted by Crippen LogP contribution is -2.35. The van der Waals surface area contributed by atoms with Gasteiger partial charge in [0.2, 0.25) is 10.0 Å². The first kappa shape index (κ1) is 17.9. The van der Waals surface area contributed by atoms with Crippen LogP contribution in [-0.2, 0) is 10.0 Å². The van der Waals surface area contributed by atoms with Gasteiger partial charge in [-0.2, -0.15) is 0 Å². The van der Waals surface area contributed by atoms with Gasteiger partial charge in [-0.05, 0) is 70.1 Å². The fourth-order valence-electron chi connectivity index (χ4n) is 2.70. The molecule has 6 nitrogen and oxygen atoms in total. The van der Waals surface area contributed by atoms with Crippen molar-refractivity contribution in [1.82, 2.24) is 14.9 Å². The first-order valence-electron chi connectivity index (χ1n) is 7.99. The van der Waals surface area contributed by atoms with Crippen molar-refractivity contribution in [3.8, 4) is 0 Å². The Morgan fingerprint density at radius 1 is 1.22 bits per heavy atom. The standard InChI is InChI=1S/C16H25N3O3S/c1-13(9-12-19-10-3-4-11-19)18-23(21,22)15-7-5-14(6-8-15)16(20)17-2/h5-8,13,18H,3-4,9-12H2,1-2H3,(H,17,20)/t13-/m1/s1. The van der Waals surface area contributed by atoms with Gasteiger partial charge in [-0.3, -0.25) is 4.79 Å². The highest BCUT2D eigenvalue weighted by atomic mass is 32.2. The second kappa shape index (κ2) is 7.90. The van der Waals surface area contributed by atoms with Crippen LogP contribution in [0.15, 0.2) is 29.2 Å². The molecule has 0 radical (unpaired) electrons. The van der Waals surface area contributed by atoms with Crippen molar-refractivity contribution in [3.63, 3.8) is 0 Å². The molecule has 0 bridgehead atoms. The Labute approximate surface area is 138 Å². The molecule has 1 aromatic carbocycles. The Bertz CT molecular complexity index is 622. The lowest BCUT2D eigenvalue weighted by molar-refractivity contribution is 0.0963. The van der Waals surface area contributed by atoms with Crippen LogP contribution in [-0.4, -0.2) is 51.9 Å². The summed E-state index contributed by atoms with van der Waals surface area (Å²) in [5.41, 5.74) is 0.438. The molecular formula is C16H25N3O3S. The first-order valence-corrected chi connectivity index (χ1v) is 9.47. The third-order valence-electron chi connectivity index (χ3n) is 4.09. The van der Waals surface area contributed by atoms with Crippen molar-refractivity contribution in [2.75, 3.05) is 26.7 Å². The first-order chi connectivity index (χ1) is 10.9. The molecule has 0 saturated carbocycles. The highest BCUT2D eigenvalue weighted by Crippen LogP contribution is 2.13. The van der Waals surface area contributed by atoms with Gasteiger partial charge < -0.3 is 10.2 Å². The van der Waals surface area contributed by atoms with Crippen LogP contribution in [0.5, 0.6) is 0 Å². The summed E-state index contributed by atoms with van der Waals surface area (Å²) >= 11 is 0. The van der Waals surface area contributed by atoms with Crippen LogP contribution >= 0.6 is 0 Å². The van der Waals surface area contributed by atoms with Gasteiger partial charge in [0.25, 0.3) is 5.91 Å². The number of nitrogens with zero attached hydrogens (tertiary/aromatic N) is 1. The summed E-state index contributed by atoms with van der Waals surface area (Å²) in [6.07, 6.45) is 3.26. The average molecular weight is 339 g/mol. The number of likely N-dealkylation sites (tertiary alicyclic amines) is 1. The average Bonchev–Trinajstić information content (AvgIpc) is 3.05. The van der Waals surface area contributed by atoms with E-state index in [2.05, 4.69) is 14.9 Å². The highest BCUT2D eigenvalue weighted by molar-refractivity contribution is 7.89. The summed E-state index contributed by atoms with van der Waals surface area (Å²) in [6.45, 7) is 5.02. The third-order valence-corrected chi connectivity index (χ3v) is 5.69. The molecule has 0 aromatic heterocycles. The number of nitrogens with one attached hydrogen (secondary N) is 2. The predicted octanol–water partition coefficient (Wildman–Crippen LogP) is 1.20. The van der Waals surface area contributed by atoms with E-state index in [0.717, 1.165) is 26.1 Å². The van der Waals surface area contributed by atoms with Crippen LogP contribution < -0.4 is 10.0 Å². The Balaban J connectivity index is 1.93. The van der Waals surface area contributed by atoms with Crippen molar-refractivity contribution in [1.29, 1.82) is 0 Å². The molecule has 1 aromatic rings. The quantitative estimate of drug-likeness (QED) is 0.782. The number of amides is 1. The predicted molar refractivity (Wildman–Crippen MR) is 89.9 cm³/mol.